The molecule has 0 N–H and O–H groups in total. The van der Waals surface area contributed by atoms with Crippen molar-refractivity contribution >= 4 is 24.2 Å². The number of hydrogen-bond donors (Lipinski definition) is 0. The van der Waals surface area contributed by atoms with Crippen molar-refractivity contribution in [2.24, 2.45) is 17.3 Å². The summed E-state index contributed by atoms with van der Waals surface area (Å²) in [6.45, 7) is 5.28. The quantitative estimate of drug-likeness (QED) is 0.378. The van der Waals surface area contributed by atoms with Gasteiger partial charge < -0.3 is 19.4 Å². The van der Waals surface area contributed by atoms with Crippen molar-refractivity contribution in [2.45, 2.75) is 57.3 Å². The SMILES string of the molecule is Cl.O=C(CC1CC1)N1CC(CN2CCC3(CC2)CCN(Cc2ccc(OC(F)(F)F)cc2)C3=O)C(c2ccccc2)C1. The zero-order chi connectivity index (χ0) is 28.6. The van der Waals surface area contributed by atoms with E-state index >= 15 is 0 Å². The van der Waals surface area contributed by atoms with Crippen molar-refractivity contribution in [3.05, 3.63) is 65.7 Å². The minimum atomic E-state index is -4.72. The summed E-state index contributed by atoms with van der Waals surface area (Å²) in [4.78, 5) is 32.9. The van der Waals surface area contributed by atoms with Gasteiger partial charge in [-0.05, 0) is 80.3 Å². The van der Waals surface area contributed by atoms with Crippen molar-refractivity contribution in [3.8, 4) is 5.75 Å². The molecule has 2 unspecified atom stereocenters. The second kappa shape index (κ2) is 12.4. The average Bonchev–Trinajstić information content (AvgIpc) is 3.59. The lowest BCUT2D eigenvalue weighted by Gasteiger charge is -2.39. The third kappa shape index (κ3) is 7.05. The van der Waals surface area contributed by atoms with E-state index in [-0.39, 0.29) is 29.5 Å². The summed E-state index contributed by atoms with van der Waals surface area (Å²) in [6.07, 6.45) is 0.765. The van der Waals surface area contributed by atoms with Crippen LogP contribution in [0.25, 0.3) is 0 Å². The summed E-state index contributed by atoms with van der Waals surface area (Å²) >= 11 is 0. The topological polar surface area (TPSA) is 53.1 Å². The van der Waals surface area contributed by atoms with Crippen LogP contribution in [-0.4, -0.2) is 72.1 Å². The van der Waals surface area contributed by atoms with E-state index in [1.54, 1.807) is 12.1 Å². The molecule has 4 aliphatic rings. The second-order valence-corrected chi connectivity index (χ2v) is 12.5. The zero-order valence-electron chi connectivity index (χ0n) is 23.7. The van der Waals surface area contributed by atoms with E-state index in [0.29, 0.717) is 43.2 Å². The molecule has 2 aromatic rings. The molecule has 0 radical (unpaired) electrons. The summed E-state index contributed by atoms with van der Waals surface area (Å²) in [6, 6.07) is 16.3. The number of carbonyl (C=O) groups excluding carboxylic acids is 2. The van der Waals surface area contributed by atoms with Crippen LogP contribution in [0.15, 0.2) is 54.6 Å². The monoisotopic (exact) mass is 605 g/mol. The van der Waals surface area contributed by atoms with Crippen molar-refractivity contribution < 1.29 is 27.5 Å². The molecule has 1 saturated carbocycles. The highest BCUT2D eigenvalue weighted by Crippen LogP contribution is 2.43. The Morgan fingerprint density at radius 1 is 0.929 bits per heavy atom. The Hall–Kier alpha value is -2.78. The number of ether oxygens (including phenoxy) is 1. The highest BCUT2D eigenvalue weighted by atomic mass is 35.5. The number of piperidine rings is 1. The number of likely N-dealkylation sites (tertiary alicyclic amines) is 3. The van der Waals surface area contributed by atoms with E-state index in [1.165, 1.54) is 30.5 Å². The maximum absolute atomic E-state index is 13.5. The fourth-order valence-electron chi connectivity index (χ4n) is 7.06. The molecule has 3 heterocycles. The van der Waals surface area contributed by atoms with Crippen LogP contribution in [0.1, 0.15) is 55.6 Å². The van der Waals surface area contributed by atoms with E-state index in [2.05, 4.69) is 38.8 Å². The number of benzene rings is 2. The minimum Gasteiger partial charge on any atom is -0.406 e. The highest BCUT2D eigenvalue weighted by molar-refractivity contribution is 5.85. The van der Waals surface area contributed by atoms with Gasteiger partial charge in [-0.25, -0.2) is 0 Å². The maximum atomic E-state index is 13.5. The highest BCUT2D eigenvalue weighted by Gasteiger charge is 2.48. The first kappa shape index (κ1) is 30.7. The maximum Gasteiger partial charge on any atom is 0.573 e. The zero-order valence-corrected chi connectivity index (χ0v) is 24.5. The first-order chi connectivity index (χ1) is 19.7. The van der Waals surface area contributed by atoms with Gasteiger partial charge in [0.15, 0.2) is 0 Å². The smallest absolute Gasteiger partial charge is 0.406 e. The van der Waals surface area contributed by atoms with E-state index in [9.17, 15) is 22.8 Å². The Balaban J connectivity index is 0.00000353. The molecule has 6 rings (SSSR count). The number of nitrogens with zero attached hydrogens (tertiary/aromatic N) is 3. The van der Waals surface area contributed by atoms with Crippen LogP contribution in [-0.2, 0) is 16.1 Å². The van der Waals surface area contributed by atoms with Crippen molar-refractivity contribution in [2.75, 3.05) is 39.3 Å². The van der Waals surface area contributed by atoms with E-state index in [0.717, 1.165) is 57.5 Å². The van der Waals surface area contributed by atoms with Gasteiger partial charge in [0.1, 0.15) is 5.75 Å². The summed E-state index contributed by atoms with van der Waals surface area (Å²) in [5.41, 5.74) is 1.74. The minimum absolute atomic E-state index is 0. The fourth-order valence-corrected chi connectivity index (χ4v) is 7.06. The third-order valence-corrected chi connectivity index (χ3v) is 9.62. The van der Waals surface area contributed by atoms with Gasteiger partial charge in [-0.2, -0.15) is 0 Å². The Kier molecular flexibility index (Phi) is 9.09. The van der Waals surface area contributed by atoms with Crippen molar-refractivity contribution in [3.63, 3.8) is 0 Å². The number of carbonyl (C=O) groups is 2. The summed E-state index contributed by atoms with van der Waals surface area (Å²) in [5.74, 6) is 1.48. The number of alkyl halides is 3. The number of hydrogen-bond acceptors (Lipinski definition) is 4. The molecule has 228 valence electrons. The van der Waals surface area contributed by atoms with Gasteiger partial charge >= 0.3 is 6.36 Å². The molecule has 3 aliphatic heterocycles. The second-order valence-electron chi connectivity index (χ2n) is 12.5. The summed E-state index contributed by atoms with van der Waals surface area (Å²) in [5, 5.41) is 0. The predicted molar refractivity (Wildman–Crippen MR) is 155 cm³/mol. The van der Waals surface area contributed by atoms with Crippen molar-refractivity contribution in [1.29, 1.82) is 0 Å². The Bertz CT molecular complexity index is 1230. The van der Waals surface area contributed by atoms with Crippen LogP contribution < -0.4 is 4.74 Å². The standard InChI is InChI=1S/C32H38F3N3O3.ClH/c33-32(34,35)41-27-10-8-24(9-11-27)19-37-17-14-31(30(37)40)12-15-36(16-13-31)20-26-21-38(29(39)18-23-6-7-23)22-28(26)25-4-2-1-3-5-25;/h1-5,8-11,23,26,28H,6-7,12-22H2;1H. The molecule has 1 aliphatic carbocycles. The van der Waals surface area contributed by atoms with E-state index in [4.69, 9.17) is 0 Å². The van der Waals surface area contributed by atoms with Gasteiger partial charge in [0.25, 0.3) is 0 Å². The van der Waals surface area contributed by atoms with Crippen LogP contribution in [0.2, 0.25) is 0 Å². The van der Waals surface area contributed by atoms with Gasteiger partial charge in [0, 0.05) is 45.1 Å². The van der Waals surface area contributed by atoms with Crippen LogP contribution in [0.3, 0.4) is 0 Å². The normalized spacial score (nSPS) is 24.2. The van der Waals surface area contributed by atoms with Crippen LogP contribution >= 0.6 is 12.4 Å². The molecule has 3 saturated heterocycles. The van der Waals surface area contributed by atoms with E-state index < -0.39 is 6.36 Å². The predicted octanol–water partition coefficient (Wildman–Crippen LogP) is 5.86. The van der Waals surface area contributed by atoms with Crippen LogP contribution in [0.5, 0.6) is 5.75 Å². The fraction of sp³-hybridized carbons (Fsp3) is 0.562. The average molecular weight is 606 g/mol. The molecule has 10 heteroatoms. The number of halogens is 4. The lowest BCUT2D eigenvalue weighted by Crippen LogP contribution is -2.46. The van der Waals surface area contributed by atoms with Gasteiger partial charge in [-0.3, -0.25) is 9.59 Å². The lowest BCUT2D eigenvalue weighted by atomic mass is 9.76. The molecule has 2 aromatic carbocycles. The van der Waals surface area contributed by atoms with Crippen LogP contribution in [0.4, 0.5) is 13.2 Å². The third-order valence-electron chi connectivity index (χ3n) is 9.62. The Morgan fingerprint density at radius 2 is 1.60 bits per heavy atom. The molecule has 2 atom stereocenters. The molecule has 0 aromatic heterocycles. The van der Waals surface area contributed by atoms with Gasteiger partial charge in [0.05, 0.1) is 5.41 Å². The molecule has 2 amide bonds. The molecule has 4 fully saturated rings. The van der Waals surface area contributed by atoms with Gasteiger partial charge in [0.2, 0.25) is 11.8 Å². The van der Waals surface area contributed by atoms with Gasteiger partial charge in [-0.15, -0.1) is 25.6 Å². The number of amides is 2. The Morgan fingerprint density at radius 3 is 2.24 bits per heavy atom. The summed E-state index contributed by atoms with van der Waals surface area (Å²) < 4.78 is 41.3. The molecular weight excluding hydrogens is 567 g/mol. The lowest BCUT2D eigenvalue weighted by molar-refractivity contribution is -0.274. The molecule has 1 spiro atoms. The molecule has 42 heavy (non-hydrogen) atoms. The molecule has 6 nitrogen and oxygen atoms in total. The molecule has 0 bridgehead atoms. The van der Waals surface area contributed by atoms with E-state index in [1.807, 2.05) is 11.0 Å². The van der Waals surface area contributed by atoms with Gasteiger partial charge in [-0.1, -0.05) is 42.5 Å². The number of rotatable bonds is 8. The molecular formula is C32H39ClF3N3O3. The van der Waals surface area contributed by atoms with Crippen molar-refractivity contribution in [1.82, 2.24) is 14.7 Å². The Labute approximate surface area is 251 Å². The first-order valence-electron chi connectivity index (χ1n) is 14.9. The summed E-state index contributed by atoms with van der Waals surface area (Å²) in [7, 11) is 0. The largest absolute Gasteiger partial charge is 0.573 e. The first-order valence-corrected chi connectivity index (χ1v) is 14.9. The van der Waals surface area contributed by atoms with Crippen LogP contribution in [0, 0.1) is 17.3 Å².